The zero-order valence-electron chi connectivity index (χ0n) is 12.2. The van der Waals surface area contributed by atoms with Gasteiger partial charge in [-0.25, -0.2) is 4.39 Å². The van der Waals surface area contributed by atoms with Gasteiger partial charge in [0.15, 0.2) is 0 Å². The van der Waals surface area contributed by atoms with Crippen molar-refractivity contribution in [1.29, 1.82) is 0 Å². The van der Waals surface area contributed by atoms with Crippen LogP contribution in [-0.4, -0.2) is 23.2 Å². The second-order valence-corrected chi connectivity index (χ2v) is 5.52. The Hall–Kier alpha value is -2.53. The maximum Gasteiger partial charge on any atom is 0.307 e. The molecule has 3 aromatic rings. The van der Waals surface area contributed by atoms with Gasteiger partial charge < -0.3 is 14.8 Å². The molecular weight excluding hydrogens is 321 g/mol. The fourth-order valence-electron chi connectivity index (χ4n) is 2.66. The lowest BCUT2D eigenvalue weighted by Crippen LogP contribution is -2.01. The molecule has 0 aliphatic rings. The van der Waals surface area contributed by atoms with E-state index in [1.54, 1.807) is 18.2 Å². The number of aliphatic carboxylic acids is 1. The minimum Gasteiger partial charge on any atom is -0.496 e. The van der Waals surface area contributed by atoms with Crippen molar-refractivity contribution in [3.8, 4) is 17.0 Å². The Balaban J connectivity index is 2.32. The number of rotatable bonds is 4. The van der Waals surface area contributed by atoms with Gasteiger partial charge in [0.2, 0.25) is 0 Å². The number of halogens is 2. The van der Waals surface area contributed by atoms with Crippen LogP contribution >= 0.6 is 11.6 Å². The highest BCUT2D eigenvalue weighted by Gasteiger charge is 2.19. The van der Waals surface area contributed by atoms with E-state index in [-0.39, 0.29) is 6.42 Å². The highest BCUT2D eigenvalue weighted by molar-refractivity contribution is 6.31. The van der Waals surface area contributed by atoms with Gasteiger partial charge in [0.1, 0.15) is 11.6 Å². The quantitative estimate of drug-likeness (QED) is 0.749. The molecule has 2 N–H and O–H groups in total. The van der Waals surface area contributed by atoms with Crippen LogP contribution in [0.3, 0.4) is 0 Å². The van der Waals surface area contributed by atoms with E-state index in [0.29, 0.717) is 33.0 Å². The summed E-state index contributed by atoms with van der Waals surface area (Å²) in [6, 6.07) is 9.28. The monoisotopic (exact) mass is 333 g/mol. The Kier molecular flexibility index (Phi) is 3.96. The maximum atomic E-state index is 13.7. The molecule has 1 heterocycles. The summed E-state index contributed by atoms with van der Waals surface area (Å²) < 4.78 is 19.0. The highest BCUT2D eigenvalue weighted by atomic mass is 35.5. The van der Waals surface area contributed by atoms with Crippen LogP contribution in [0.1, 0.15) is 5.56 Å². The maximum absolute atomic E-state index is 13.7. The molecule has 1 aromatic heterocycles. The number of nitrogens with one attached hydrogen (secondary N) is 1. The van der Waals surface area contributed by atoms with E-state index >= 15 is 0 Å². The first-order valence-electron chi connectivity index (χ1n) is 6.85. The fraction of sp³-hybridized carbons (Fsp3) is 0.118. The topological polar surface area (TPSA) is 62.3 Å². The summed E-state index contributed by atoms with van der Waals surface area (Å²) in [5.74, 6) is -0.961. The van der Waals surface area contributed by atoms with Gasteiger partial charge in [0.05, 0.1) is 19.2 Å². The standard InChI is InChI=1S/C17H13ClFNO3/c1-23-15-5-3-10(19)7-13(15)17-12(8-16(21)22)11-6-9(18)2-4-14(11)20-17/h2-7,20H,8H2,1H3,(H,21,22). The third-order valence-electron chi connectivity index (χ3n) is 3.63. The lowest BCUT2D eigenvalue weighted by atomic mass is 10.0. The van der Waals surface area contributed by atoms with E-state index in [1.807, 2.05) is 0 Å². The number of methoxy groups -OCH3 is 1. The van der Waals surface area contributed by atoms with E-state index in [2.05, 4.69) is 4.98 Å². The van der Waals surface area contributed by atoms with Crippen LogP contribution in [0.15, 0.2) is 36.4 Å². The minimum atomic E-state index is -0.984. The number of aromatic amines is 1. The van der Waals surface area contributed by atoms with Crippen LogP contribution in [0.25, 0.3) is 22.2 Å². The largest absolute Gasteiger partial charge is 0.496 e. The number of hydrogen-bond donors (Lipinski definition) is 2. The van der Waals surface area contributed by atoms with Crippen molar-refractivity contribution in [1.82, 2.24) is 4.98 Å². The summed E-state index contributed by atoms with van der Waals surface area (Å²) in [6.07, 6.45) is -0.213. The molecule has 0 radical (unpaired) electrons. The molecule has 0 spiro atoms. The number of ether oxygens (including phenoxy) is 1. The van der Waals surface area contributed by atoms with Crippen LogP contribution in [0.4, 0.5) is 4.39 Å². The van der Waals surface area contributed by atoms with Crippen LogP contribution in [-0.2, 0) is 11.2 Å². The molecule has 0 bridgehead atoms. The van der Waals surface area contributed by atoms with E-state index in [4.69, 9.17) is 16.3 Å². The molecule has 0 aliphatic heterocycles. The van der Waals surface area contributed by atoms with Crippen LogP contribution < -0.4 is 4.74 Å². The summed E-state index contributed by atoms with van der Waals surface area (Å²) in [4.78, 5) is 14.4. The zero-order valence-corrected chi connectivity index (χ0v) is 12.9. The molecule has 3 rings (SSSR count). The molecule has 0 unspecified atom stereocenters. The summed E-state index contributed by atoms with van der Waals surface area (Å²) in [5.41, 5.74) is 2.25. The number of benzene rings is 2. The molecule has 118 valence electrons. The molecule has 0 amide bonds. The van der Waals surface area contributed by atoms with Crippen molar-refractivity contribution in [3.63, 3.8) is 0 Å². The lowest BCUT2D eigenvalue weighted by molar-refractivity contribution is -0.136. The first kappa shape index (κ1) is 15.4. The number of hydrogen-bond acceptors (Lipinski definition) is 2. The fourth-order valence-corrected chi connectivity index (χ4v) is 2.83. The van der Waals surface area contributed by atoms with E-state index < -0.39 is 11.8 Å². The third kappa shape index (κ3) is 2.87. The second kappa shape index (κ2) is 5.93. The van der Waals surface area contributed by atoms with Gasteiger partial charge in [-0.15, -0.1) is 0 Å². The first-order valence-corrected chi connectivity index (χ1v) is 7.23. The Morgan fingerprint density at radius 2 is 2.09 bits per heavy atom. The predicted octanol–water partition coefficient (Wildman–Crippen LogP) is 4.26. The molecule has 0 aliphatic carbocycles. The number of fused-ring (bicyclic) bond motifs is 1. The summed E-state index contributed by atoms with van der Waals surface area (Å²) in [6.45, 7) is 0. The van der Waals surface area contributed by atoms with Gasteiger partial charge in [-0.2, -0.15) is 0 Å². The first-order chi connectivity index (χ1) is 11.0. The van der Waals surface area contributed by atoms with Gasteiger partial charge in [-0.1, -0.05) is 11.6 Å². The average molecular weight is 334 g/mol. The molecular formula is C17H13ClFNO3. The second-order valence-electron chi connectivity index (χ2n) is 5.08. The average Bonchev–Trinajstić information content (AvgIpc) is 2.84. The zero-order chi connectivity index (χ0) is 16.6. The number of aromatic nitrogens is 1. The minimum absolute atomic E-state index is 0.213. The normalized spacial score (nSPS) is 10.9. The summed E-state index contributed by atoms with van der Waals surface area (Å²) >= 11 is 6.02. The van der Waals surface area contributed by atoms with Crippen LogP contribution in [0.2, 0.25) is 5.02 Å². The Bertz CT molecular complexity index is 904. The lowest BCUT2D eigenvalue weighted by Gasteiger charge is -2.09. The van der Waals surface area contributed by atoms with Crippen molar-refractivity contribution in [2.45, 2.75) is 6.42 Å². The Morgan fingerprint density at radius 1 is 1.30 bits per heavy atom. The van der Waals surface area contributed by atoms with Gasteiger partial charge in [-0.05, 0) is 42.0 Å². The van der Waals surface area contributed by atoms with Crippen molar-refractivity contribution >= 4 is 28.5 Å². The third-order valence-corrected chi connectivity index (χ3v) is 3.86. The van der Waals surface area contributed by atoms with Gasteiger partial charge in [0.25, 0.3) is 0 Å². The SMILES string of the molecule is COc1ccc(F)cc1-c1[nH]c2ccc(Cl)cc2c1CC(=O)O. The predicted molar refractivity (Wildman–Crippen MR) is 86.6 cm³/mol. The smallest absolute Gasteiger partial charge is 0.307 e. The summed E-state index contributed by atoms with van der Waals surface area (Å²) in [5, 5.41) is 10.4. The van der Waals surface area contributed by atoms with E-state index in [1.165, 1.54) is 25.3 Å². The molecule has 23 heavy (non-hydrogen) atoms. The summed E-state index contributed by atoms with van der Waals surface area (Å²) in [7, 11) is 1.48. The van der Waals surface area contributed by atoms with Crippen molar-refractivity contribution in [2.24, 2.45) is 0 Å². The van der Waals surface area contributed by atoms with Gasteiger partial charge in [0, 0.05) is 21.5 Å². The van der Waals surface area contributed by atoms with Crippen molar-refractivity contribution in [2.75, 3.05) is 7.11 Å². The van der Waals surface area contributed by atoms with Crippen molar-refractivity contribution in [3.05, 3.63) is 52.8 Å². The number of carbonyl (C=O) groups is 1. The Morgan fingerprint density at radius 3 is 2.78 bits per heavy atom. The van der Waals surface area contributed by atoms with E-state index in [0.717, 1.165) is 5.52 Å². The van der Waals surface area contributed by atoms with Gasteiger partial charge >= 0.3 is 5.97 Å². The van der Waals surface area contributed by atoms with Gasteiger partial charge in [-0.3, -0.25) is 4.79 Å². The van der Waals surface area contributed by atoms with Crippen LogP contribution in [0.5, 0.6) is 5.75 Å². The number of H-pyrrole nitrogens is 1. The number of carboxylic acid groups (broad SMARTS) is 1. The molecule has 2 aromatic carbocycles. The Labute approximate surface area is 136 Å². The molecule has 0 saturated carbocycles. The van der Waals surface area contributed by atoms with E-state index in [9.17, 15) is 14.3 Å². The molecule has 4 nitrogen and oxygen atoms in total. The van der Waals surface area contributed by atoms with Crippen molar-refractivity contribution < 1.29 is 19.0 Å². The molecule has 6 heteroatoms. The highest BCUT2D eigenvalue weighted by Crippen LogP contribution is 2.37. The molecule has 0 saturated heterocycles. The molecule has 0 fully saturated rings. The molecule has 0 atom stereocenters. The number of carboxylic acids is 1. The van der Waals surface area contributed by atoms with Crippen LogP contribution in [0, 0.1) is 5.82 Å².